The van der Waals surface area contributed by atoms with Crippen molar-refractivity contribution in [3.63, 3.8) is 0 Å². The minimum Gasteiger partial charge on any atom is -0.493 e. The third-order valence-electron chi connectivity index (χ3n) is 4.72. The second-order valence-corrected chi connectivity index (χ2v) is 6.95. The second kappa shape index (κ2) is 10.3. The highest BCUT2D eigenvalue weighted by Crippen LogP contribution is 2.27. The number of carbonyl (C=O) groups is 2. The lowest BCUT2D eigenvalue weighted by molar-refractivity contribution is -0.118. The number of hydrogen-bond donors (Lipinski definition) is 1. The molecule has 0 aliphatic heterocycles. The summed E-state index contributed by atoms with van der Waals surface area (Å²) in [5.74, 6) is 0.682. The number of ether oxygens (including phenoxy) is 2. The Morgan fingerprint density at radius 1 is 0.935 bits per heavy atom. The van der Waals surface area contributed by atoms with Gasteiger partial charge in [0.1, 0.15) is 0 Å². The van der Waals surface area contributed by atoms with Crippen LogP contribution < -0.4 is 19.7 Å². The van der Waals surface area contributed by atoms with Crippen LogP contribution in [0.2, 0.25) is 0 Å². The number of anilines is 2. The van der Waals surface area contributed by atoms with Gasteiger partial charge in [-0.3, -0.25) is 9.59 Å². The number of rotatable bonds is 8. The molecule has 1 N–H and O–H groups in total. The van der Waals surface area contributed by atoms with E-state index in [1.807, 2.05) is 56.3 Å². The van der Waals surface area contributed by atoms with Gasteiger partial charge in [-0.1, -0.05) is 24.3 Å². The lowest BCUT2D eigenvalue weighted by Gasteiger charge is -2.21. The fourth-order valence-corrected chi connectivity index (χ4v) is 3.14. The van der Waals surface area contributed by atoms with Crippen molar-refractivity contribution < 1.29 is 19.1 Å². The van der Waals surface area contributed by atoms with Gasteiger partial charge in [0.05, 0.1) is 7.11 Å². The number of methoxy groups -OCH3 is 1. The molecule has 0 aliphatic carbocycles. The lowest BCUT2D eigenvalue weighted by Crippen LogP contribution is -2.30. The van der Waals surface area contributed by atoms with Crippen LogP contribution in [0.5, 0.6) is 11.5 Å². The van der Waals surface area contributed by atoms with Gasteiger partial charge in [0.15, 0.2) is 18.1 Å². The molecule has 0 radical (unpaired) electrons. The average molecular weight is 418 g/mol. The summed E-state index contributed by atoms with van der Waals surface area (Å²) >= 11 is 0. The molecular weight excluding hydrogens is 392 g/mol. The van der Waals surface area contributed by atoms with E-state index in [0.29, 0.717) is 29.3 Å². The van der Waals surface area contributed by atoms with E-state index in [-0.39, 0.29) is 18.4 Å². The van der Waals surface area contributed by atoms with E-state index in [4.69, 9.17) is 9.47 Å². The molecule has 0 unspecified atom stereocenters. The summed E-state index contributed by atoms with van der Waals surface area (Å²) in [6.45, 7) is 4.29. The summed E-state index contributed by atoms with van der Waals surface area (Å²) in [7, 11) is 1.56. The predicted molar refractivity (Wildman–Crippen MR) is 122 cm³/mol. The number of amides is 2. The molecule has 0 saturated heterocycles. The number of para-hydroxylation sites is 1. The van der Waals surface area contributed by atoms with Gasteiger partial charge in [0.25, 0.3) is 11.8 Å². The van der Waals surface area contributed by atoms with Crippen LogP contribution in [0.4, 0.5) is 11.4 Å². The third-order valence-corrected chi connectivity index (χ3v) is 4.72. The number of carbonyl (C=O) groups excluding carboxylic acids is 2. The SMILES string of the molecule is CCN(C(=O)c1ccc(NC(=O)COc2ccc(C)cc2OC)cc1)c1ccccc1. The normalized spacial score (nSPS) is 10.3. The first kappa shape index (κ1) is 21.9. The maximum absolute atomic E-state index is 12.9. The number of hydrogen-bond acceptors (Lipinski definition) is 4. The number of aryl methyl sites for hydroxylation is 1. The zero-order chi connectivity index (χ0) is 22.2. The van der Waals surface area contributed by atoms with Crippen molar-refractivity contribution >= 4 is 23.2 Å². The van der Waals surface area contributed by atoms with Crippen LogP contribution in [0.25, 0.3) is 0 Å². The third kappa shape index (κ3) is 5.63. The van der Waals surface area contributed by atoms with Gasteiger partial charge in [-0.15, -0.1) is 0 Å². The monoisotopic (exact) mass is 418 g/mol. The van der Waals surface area contributed by atoms with Crippen molar-refractivity contribution in [3.05, 3.63) is 83.9 Å². The van der Waals surface area contributed by atoms with E-state index < -0.39 is 0 Å². The summed E-state index contributed by atoms with van der Waals surface area (Å²) in [5, 5.41) is 2.77. The minimum absolute atomic E-state index is 0.0959. The highest BCUT2D eigenvalue weighted by molar-refractivity contribution is 6.06. The average Bonchev–Trinajstić information content (AvgIpc) is 2.79. The van der Waals surface area contributed by atoms with Crippen LogP contribution >= 0.6 is 0 Å². The molecule has 0 bridgehead atoms. The highest BCUT2D eigenvalue weighted by Gasteiger charge is 2.16. The number of nitrogens with one attached hydrogen (secondary N) is 1. The van der Waals surface area contributed by atoms with Gasteiger partial charge in [0, 0.05) is 23.5 Å². The Morgan fingerprint density at radius 3 is 2.29 bits per heavy atom. The Hall–Kier alpha value is -3.80. The molecule has 0 aromatic heterocycles. The smallest absolute Gasteiger partial charge is 0.262 e. The van der Waals surface area contributed by atoms with E-state index in [0.717, 1.165) is 11.3 Å². The first-order valence-corrected chi connectivity index (χ1v) is 10.1. The van der Waals surface area contributed by atoms with Crippen LogP contribution in [0, 0.1) is 6.92 Å². The molecule has 0 aliphatic rings. The lowest BCUT2D eigenvalue weighted by atomic mass is 10.1. The zero-order valence-electron chi connectivity index (χ0n) is 17.9. The van der Waals surface area contributed by atoms with Crippen molar-refractivity contribution in [2.45, 2.75) is 13.8 Å². The summed E-state index contributed by atoms with van der Waals surface area (Å²) in [6.07, 6.45) is 0. The van der Waals surface area contributed by atoms with Crippen LogP contribution in [-0.2, 0) is 4.79 Å². The van der Waals surface area contributed by atoms with Crippen LogP contribution in [-0.4, -0.2) is 32.1 Å². The molecule has 3 aromatic carbocycles. The standard InChI is InChI=1S/C25H26N2O4/c1-4-27(21-8-6-5-7-9-21)25(29)19-11-13-20(14-12-19)26-24(28)17-31-22-15-10-18(2)16-23(22)30-3/h5-16H,4,17H2,1-3H3,(H,26,28). The Bertz CT molecular complexity index is 1030. The summed E-state index contributed by atoms with van der Waals surface area (Å²) in [6, 6.07) is 21.8. The summed E-state index contributed by atoms with van der Waals surface area (Å²) in [5.41, 5.74) is 3.02. The second-order valence-electron chi connectivity index (χ2n) is 6.95. The van der Waals surface area contributed by atoms with Crippen LogP contribution in [0.1, 0.15) is 22.8 Å². The van der Waals surface area contributed by atoms with Gasteiger partial charge in [-0.2, -0.15) is 0 Å². The fraction of sp³-hybridized carbons (Fsp3) is 0.200. The first-order chi connectivity index (χ1) is 15.0. The van der Waals surface area contributed by atoms with Gasteiger partial charge >= 0.3 is 0 Å². The number of benzene rings is 3. The van der Waals surface area contributed by atoms with E-state index in [1.54, 1.807) is 42.3 Å². The summed E-state index contributed by atoms with van der Waals surface area (Å²) < 4.78 is 10.9. The van der Waals surface area contributed by atoms with Gasteiger partial charge in [-0.05, 0) is 67.9 Å². The Morgan fingerprint density at radius 2 is 1.65 bits per heavy atom. The van der Waals surface area contributed by atoms with Crippen molar-refractivity contribution in [3.8, 4) is 11.5 Å². The highest BCUT2D eigenvalue weighted by atomic mass is 16.5. The van der Waals surface area contributed by atoms with E-state index in [1.165, 1.54) is 0 Å². The van der Waals surface area contributed by atoms with Gasteiger partial charge in [0.2, 0.25) is 0 Å². The molecule has 2 amide bonds. The van der Waals surface area contributed by atoms with E-state index in [9.17, 15) is 9.59 Å². The molecule has 3 rings (SSSR count). The van der Waals surface area contributed by atoms with E-state index in [2.05, 4.69) is 5.32 Å². The number of nitrogens with zero attached hydrogens (tertiary/aromatic N) is 1. The molecular formula is C25H26N2O4. The molecule has 6 nitrogen and oxygen atoms in total. The maximum atomic E-state index is 12.9. The van der Waals surface area contributed by atoms with Crippen LogP contribution in [0.3, 0.4) is 0 Å². The van der Waals surface area contributed by atoms with E-state index >= 15 is 0 Å². The molecule has 0 spiro atoms. The minimum atomic E-state index is -0.304. The Balaban J connectivity index is 1.60. The molecule has 0 saturated carbocycles. The van der Waals surface area contributed by atoms with Crippen LogP contribution in [0.15, 0.2) is 72.8 Å². The molecule has 0 atom stereocenters. The Labute approximate surface area is 182 Å². The topological polar surface area (TPSA) is 67.9 Å². The largest absolute Gasteiger partial charge is 0.493 e. The zero-order valence-corrected chi connectivity index (χ0v) is 17.9. The van der Waals surface area contributed by atoms with Crippen molar-refractivity contribution in [2.24, 2.45) is 0 Å². The molecule has 31 heavy (non-hydrogen) atoms. The molecule has 6 heteroatoms. The van der Waals surface area contributed by atoms with Gasteiger partial charge < -0.3 is 19.7 Å². The Kier molecular flexibility index (Phi) is 7.27. The fourth-order valence-electron chi connectivity index (χ4n) is 3.14. The molecule has 0 fully saturated rings. The first-order valence-electron chi connectivity index (χ1n) is 10.1. The predicted octanol–water partition coefficient (Wildman–Crippen LogP) is 4.69. The quantitative estimate of drug-likeness (QED) is 0.576. The van der Waals surface area contributed by atoms with Crippen molar-refractivity contribution in [2.75, 3.05) is 30.5 Å². The molecule has 160 valence electrons. The summed E-state index contributed by atoms with van der Waals surface area (Å²) in [4.78, 5) is 26.8. The maximum Gasteiger partial charge on any atom is 0.262 e. The van der Waals surface area contributed by atoms with Crippen molar-refractivity contribution in [1.82, 2.24) is 0 Å². The van der Waals surface area contributed by atoms with Crippen molar-refractivity contribution in [1.29, 1.82) is 0 Å². The van der Waals surface area contributed by atoms with Gasteiger partial charge in [-0.25, -0.2) is 0 Å². The molecule has 3 aromatic rings. The molecule has 0 heterocycles.